The molecule has 3 aromatic carbocycles. The maximum atomic E-state index is 6.21. The van der Waals surface area contributed by atoms with Crippen LogP contribution in [-0.2, 0) is 0 Å². The van der Waals surface area contributed by atoms with Crippen LogP contribution >= 0.6 is 0 Å². The largest absolute Gasteiger partial charge is 0.454 e. The average Bonchev–Trinajstić information content (AvgIpc) is 3.32. The number of hydrogen-bond donors (Lipinski definition) is 0. The average molecular weight is 433 g/mol. The van der Waals surface area contributed by atoms with Crippen LogP contribution in [-0.4, -0.2) is 11.4 Å². The first-order valence-electron chi connectivity index (χ1n) is 11.5. The zero-order valence-electron chi connectivity index (χ0n) is 19.6. The van der Waals surface area contributed by atoms with E-state index in [0.29, 0.717) is 5.92 Å². The van der Waals surface area contributed by atoms with Crippen LogP contribution in [0.3, 0.4) is 0 Å². The molecule has 1 aliphatic rings. The Bertz CT molecular complexity index is 1430. The molecule has 0 N–H and O–H groups in total. The first kappa shape index (κ1) is 21.1. The van der Waals surface area contributed by atoms with Gasteiger partial charge in [0, 0.05) is 22.4 Å². The van der Waals surface area contributed by atoms with E-state index in [1.807, 2.05) is 26.0 Å². The third-order valence-corrected chi connectivity index (χ3v) is 6.36. The second-order valence-electron chi connectivity index (χ2n) is 8.83. The molecule has 164 valence electrons. The van der Waals surface area contributed by atoms with Crippen LogP contribution < -0.4 is 0 Å². The summed E-state index contributed by atoms with van der Waals surface area (Å²) in [5.41, 5.74) is 5.08. The molecule has 1 unspecified atom stereocenters. The van der Waals surface area contributed by atoms with E-state index in [9.17, 15) is 0 Å². The summed E-state index contributed by atoms with van der Waals surface area (Å²) in [6.45, 7) is 8.36. The van der Waals surface area contributed by atoms with Crippen molar-refractivity contribution in [2.45, 2.75) is 34.1 Å². The second kappa shape index (κ2) is 8.67. The van der Waals surface area contributed by atoms with E-state index in [2.05, 4.69) is 80.6 Å². The minimum Gasteiger partial charge on any atom is -0.454 e. The van der Waals surface area contributed by atoms with Crippen LogP contribution in [0.4, 0.5) is 5.69 Å². The number of rotatable bonds is 4. The van der Waals surface area contributed by atoms with Crippen molar-refractivity contribution in [1.82, 2.24) is 0 Å². The zero-order chi connectivity index (χ0) is 22.9. The van der Waals surface area contributed by atoms with Gasteiger partial charge in [-0.1, -0.05) is 67.6 Å². The molecule has 1 heterocycles. The molecule has 0 saturated heterocycles. The fourth-order valence-electron chi connectivity index (χ4n) is 4.53. The summed E-state index contributed by atoms with van der Waals surface area (Å²) in [7, 11) is 0. The van der Waals surface area contributed by atoms with Gasteiger partial charge < -0.3 is 4.42 Å². The second-order valence-corrected chi connectivity index (χ2v) is 8.83. The van der Waals surface area contributed by atoms with Crippen LogP contribution in [0.2, 0.25) is 0 Å². The van der Waals surface area contributed by atoms with Crippen molar-refractivity contribution in [2.24, 2.45) is 15.9 Å². The normalized spacial score (nSPS) is 17.4. The molecule has 0 fully saturated rings. The summed E-state index contributed by atoms with van der Waals surface area (Å²) < 4.78 is 6.21. The number of allylic oxidation sites excluding steroid dienone is 4. The highest BCUT2D eigenvalue weighted by Gasteiger charge is 2.15. The monoisotopic (exact) mass is 432 g/mol. The van der Waals surface area contributed by atoms with Gasteiger partial charge in [-0.15, -0.1) is 0 Å². The predicted molar refractivity (Wildman–Crippen MR) is 140 cm³/mol. The lowest BCUT2D eigenvalue weighted by Crippen LogP contribution is -2.05. The molecule has 0 aliphatic heterocycles. The number of aliphatic imine (C=N–C) groups is 2. The summed E-state index contributed by atoms with van der Waals surface area (Å²) in [4.78, 5) is 9.98. The summed E-state index contributed by atoms with van der Waals surface area (Å²) in [6, 6.07) is 23.0. The minimum absolute atomic E-state index is 0.419. The van der Waals surface area contributed by atoms with Gasteiger partial charge in [0.1, 0.15) is 11.5 Å². The van der Waals surface area contributed by atoms with Crippen molar-refractivity contribution in [2.75, 3.05) is 0 Å². The van der Waals surface area contributed by atoms with Crippen LogP contribution in [0.15, 0.2) is 105 Å². The lowest BCUT2D eigenvalue weighted by Gasteiger charge is -2.17. The van der Waals surface area contributed by atoms with E-state index < -0.39 is 0 Å². The van der Waals surface area contributed by atoms with Gasteiger partial charge in [-0.05, 0) is 61.7 Å². The highest BCUT2D eigenvalue weighted by Crippen LogP contribution is 2.35. The van der Waals surface area contributed by atoms with E-state index >= 15 is 0 Å². The molecular formula is C30H28N2O. The Hall–Kier alpha value is -3.72. The topological polar surface area (TPSA) is 37.9 Å². The summed E-state index contributed by atoms with van der Waals surface area (Å²) in [5.74, 6) is 1.96. The number of hydrogen-bond acceptors (Lipinski definition) is 3. The van der Waals surface area contributed by atoms with Gasteiger partial charge in [-0.3, -0.25) is 4.99 Å². The van der Waals surface area contributed by atoms with Gasteiger partial charge in [-0.25, -0.2) is 4.99 Å². The van der Waals surface area contributed by atoms with Crippen molar-refractivity contribution in [3.05, 3.63) is 102 Å². The maximum absolute atomic E-state index is 6.21. The third-order valence-electron chi connectivity index (χ3n) is 6.36. The van der Waals surface area contributed by atoms with Crippen molar-refractivity contribution < 1.29 is 4.42 Å². The Labute approximate surface area is 194 Å². The molecule has 1 atom stereocenters. The molecule has 0 bridgehead atoms. The number of furan rings is 1. The standard InChI is InChI=1S/C30H28N2O/c1-19-10-9-11-20(2)29(19)31-21(3)27-16-17-28(33-27)22(4)32-30-25-14-7-5-12-23(25)18-24-13-6-8-15-26(24)30/h5-10,12-18,20H,11H2,1-4H3. The maximum Gasteiger partial charge on any atom is 0.148 e. The molecule has 4 aromatic rings. The van der Waals surface area contributed by atoms with Crippen LogP contribution in [0.1, 0.15) is 45.6 Å². The SMILES string of the molecule is CC(=NC1=C(C)C=CCC1C)c1ccc(C(C)=Nc2c3ccccc3cc3ccccc23)o1. The Morgan fingerprint density at radius 3 is 2.00 bits per heavy atom. The van der Waals surface area contributed by atoms with E-state index in [1.165, 1.54) is 16.3 Å². The molecule has 33 heavy (non-hydrogen) atoms. The lowest BCUT2D eigenvalue weighted by atomic mass is 9.94. The lowest BCUT2D eigenvalue weighted by molar-refractivity contribution is 0.547. The molecule has 0 saturated carbocycles. The van der Waals surface area contributed by atoms with E-state index in [4.69, 9.17) is 14.4 Å². The van der Waals surface area contributed by atoms with Gasteiger partial charge in [-0.2, -0.15) is 0 Å². The molecular weight excluding hydrogens is 404 g/mol. The molecule has 0 spiro atoms. The minimum atomic E-state index is 0.419. The van der Waals surface area contributed by atoms with Crippen LogP contribution in [0.25, 0.3) is 21.5 Å². The Morgan fingerprint density at radius 2 is 1.39 bits per heavy atom. The summed E-state index contributed by atoms with van der Waals surface area (Å²) in [5, 5.41) is 4.65. The van der Waals surface area contributed by atoms with Gasteiger partial charge in [0.05, 0.1) is 17.1 Å². The summed E-state index contributed by atoms with van der Waals surface area (Å²) in [6.07, 6.45) is 5.40. The molecule has 0 radical (unpaired) electrons. The highest BCUT2D eigenvalue weighted by atomic mass is 16.3. The quantitative estimate of drug-likeness (QED) is 0.236. The third kappa shape index (κ3) is 4.07. The van der Waals surface area contributed by atoms with Gasteiger partial charge >= 0.3 is 0 Å². The smallest absolute Gasteiger partial charge is 0.148 e. The van der Waals surface area contributed by atoms with E-state index in [1.54, 1.807) is 0 Å². The predicted octanol–water partition coefficient (Wildman–Crippen LogP) is 8.41. The first-order valence-corrected chi connectivity index (χ1v) is 11.5. The Kier molecular flexibility index (Phi) is 5.55. The van der Waals surface area contributed by atoms with Crippen molar-refractivity contribution >= 4 is 38.7 Å². The molecule has 5 rings (SSSR count). The van der Waals surface area contributed by atoms with Crippen molar-refractivity contribution in [3.8, 4) is 0 Å². The number of nitrogens with zero attached hydrogens (tertiary/aromatic N) is 2. The molecule has 3 nitrogen and oxygen atoms in total. The molecule has 0 amide bonds. The van der Waals surface area contributed by atoms with Crippen LogP contribution in [0, 0.1) is 5.92 Å². The van der Waals surface area contributed by atoms with Gasteiger partial charge in [0.25, 0.3) is 0 Å². The van der Waals surface area contributed by atoms with Crippen molar-refractivity contribution in [1.29, 1.82) is 0 Å². The number of benzene rings is 3. The number of fused-ring (bicyclic) bond motifs is 2. The van der Waals surface area contributed by atoms with Crippen molar-refractivity contribution in [3.63, 3.8) is 0 Å². The van der Waals surface area contributed by atoms with Crippen LogP contribution in [0.5, 0.6) is 0 Å². The van der Waals surface area contributed by atoms with Gasteiger partial charge in [0.15, 0.2) is 0 Å². The fraction of sp³-hybridized carbons (Fsp3) is 0.200. The Morgan fingerprint density at radius 1 is 0.818 bits per heavy atom. The molecule has 3 heteroatoms. The van der Waals surface area contributed by atoms with Gasteiger partial charge in [0.2, 0.25) is 0 Å². The fourth-order valence-corrected chi connectivity index (χ4v) is 4.53. The summed E-state index contributed by atoms with van der Waals surface area (Å²) >= 11 is 0. The Balaban J connectivity index is 1.55. The first-order chi connectivity index (χ1) is 16.0. The van der Waals surface area contributed by atoms with E-state index in [-0.39, 0.29) is 0 Å². The zero-order valence-corrected chi connectivity index (χ0v) is 19.6. The highest BCUT2D eigenvalue weighted by molar-refractivity contribution is 6.12. The van der Waals surface area contributed by atoms with E-state index in [0.717, 1.165) is 51.5 Å². The molecule has 1 aromatic heterocycles. The molecule has 1 aliphatic carbocycles.